The molecule has 1 aliphatic rings. The zero-order valence-electron chi connectivity index (χ0n) is 9.06. The molecule has 1 fully saturated rings. The molecule has 0 amide bonds. The van der Waals surface area contributed by atoms with Crippen LogP contribution in [0.15, 0.2) is 0 Å². The highest BCUT2D eigenvalue weighted by atomic mass is 32.2. The molecule has 0 aromatic heterocycles. The summed E-state index contributed by atoms with van der Waals surface area (Å²) in [5.41, 5.74) is 0. The lowest BCUT2D eigenvalue weighted by Gasteiger charge is -2.33. The van der Waals surface area contributed by atoms with E-state index in [-0.39, 0.29) is 6.10 Å². The first-order valence-corrected chi connectivity index (χ1v) is 6.82. The maximum Gasteiger partial charge on any atom is 0.264 e. The first kappa shape index (κ1) is 11.9. The number of rotatable bonds is 3. The van der Waals surface area contributed by atoms with E-state index in [1.54, 1.807) is 0 Å². The van der Waals surface area contributed by atoms with Crippen molar-refractivity contribution in [2.75, 3.05) is 19.3 Å². The molecule has 1 rings (SSSR count). The lowest BCUT2D eigenvalue weighted by molar-refractivity contribution is 0.0893. The van der Waals surface area contributed by atoms with Gasteiger partial charge in [0, 0.05) is 19.1 Å². The number of hydrogen-bond acceptors (Lipinski definition) is 4. The van der Waals surface area contributed by atoms with E-state index in [0.29, 0.717) is 6.04 Å². The summed E-state index contributed by atoms with van der Waals surface area (Å²) in [6, 6.07) is 0.536. The molecule has 1 heterocycles. The third kappa shape index (κ3) is 3.94. The molecule has 0 bridgehead atoms. The van der Waals surface area contributed by atoms with Gasteiger partial charge >= 0.3 is 0 Å². The minimum atomic E-state index is -3.28. The highest BCUT2D eigenvalue weighted by molar-refractivity contribution is 7.86. The Morgan fingerprint density at radius 3 is 2.14 bits per heavy atom. The van der Waals surface area contributed by atoms with Crippen LogP contribution in [0.2, 0.25) is 0 Å². The molecule has 0 saturated carbocycles. The second-order valence-corrected chi connectivity index (χ2v) is 5.73. The maximum absolute atomic E-state index is 10.9. The van der Waals surface area contributed by atoms with E-state index in [9.17, 15) is 8.42 Å². The standard InChI is InChI=1S/C9H19NO3S/c1-8(2)10-6-4-9(5-7-10)13-14(3,11)12/h8-9H,4-7H2,1-3H3. The van der Waals surface area contributed by atoms with Gasteiger partial charge in [0.15, 0.2) is 0 Å². The lowest BCUT2D eigenvalue weighted by atomic mass is 10.1. The molecule has 0 N–H and O–H groups in total. The van der Waals surface area contributed by atoms with Crippen LogP contribution in [0.25, 0.3) is 0 Å². The monoisotopic (exact) mass is 221 g/mol. The number of likely N-dealkylation sites (tertiary alicyclic amines) is 1. The second kappa shape index (κ2) is 4.59. The third-order valence-corrected chi connectivity index (χ3v) is 3.14. The topological polar surface area (TPSA) is 46.6 Å². The fraction of sp³-hybridized carbons (Fsp3) is 1.00. The van der Waals surface area contributed by atoms with Crippen LogP contribution in [0, 0.1) is 0 Å². The van der Waals surface area contributed by atoms with Gasteiger partial charge in [0.1, 0.15) is 0 Å². The Balaban J connectivity index is 2.36. The molecule has 0 spiro atoms. The van der Waals surface area contributed by atoms with Crippen molar-refractivity contribution in [2.24, 2.45) is 0 Å². The second-order valence-electron chi connectivity index (χ2n) is 4.13. The average molecular weight is 221 g/mol. The van der Waals surface area contributed by atoms with Crippen LogP contribution in [-0.2, 0) is 14.3 Å². The zero-order chi connectivity index (χ0) is 10.8. The van der Waals surface area contributed by atoms with Gasteiger partial charge in [-0.2, -0.15) is 8.42 Å². The molecule has 0 aromatic rings. The van der Waals surface area contributed by atoms with Gasteiger partial charge < -0.3 is 4.90 Å². The van der Waals surface area contributed by atoms with E-state index in [4.69, 9.17) is 4.18 Å². The molecule has 0 aromatic carbocycles. The fourth-order valence-corrected chi connectivity index (χ4v) is 2.42. The summed E-state index contributed by atoms with van der Waals surface area (Å²) in [6.07, 6.45) is 2.62. The zero-order valence-corrected chi connectivity index (χ0v) is 9.88. The van der Waals surface area contributed by atoms with Crippen molar-refractivity contribution in [2.45, 2.75) is 38.8 Å². The molecule has 0 radical (unpaired) electrons. The summed E-state index contributed by atoms with van der Waals surface area (Å²) in [4.78, 5) is 2.34. The van der Waals surface area contributed by atoms with Crippen LogP contribution in [0.3, 0.4) is 0 Å². The van der Waals surface area contributed by atoms with E-state index in [0.717, 1.165) is 32.2 Å². The van der Waals surface area contributed by atoms with Crippen LogP contribution in [0.1, 0.15) is 26.7 Å². The molecule has 1 saturated heterocycles. The normalized spacial score (nSPS) is 21.7. The van der Waals surface area contributed by atoms with E-state index >= 15 is 0 Å². The van der Waals surface area contributed by atoms with Gasteiger partial charge in [-0.15, -0.1) is 0 Å². The molecular formula is C9H19NO3S. The molecule has 4 nitrogen and oxygen atoms in total. The molecule has 1 aliphatic heterocycles. The SMILES string of the molecule is CC(C)N1CCC(OS(C)(=O)=O)CC1. The molecular weight excluding hydrogens is 202 g/mol. The number of piperidine rings is 1. The lowest BCUT2D eigenvalue weighted by Crippen LogP contribution is -2.41. The minimum absolute atomic E-state index is 0.111. The summed E-state index contributed by atoms with van der Waals surface area (Å²) in [5.74, 6) is 0. The first-order chi connectivity index (χ1) is 6.38. The molecule has 14 heavy (non-hydrogen) atoms. The van der Waals surface area contributed by atoms with E-state index in [2.05, 4.69) is 18.7 Å². The number of nitrogens with zero attached hydrogens (tertiary/aromatic N) is 1. The van der Waals surface area contributed by atoms with Gasteiger partial charge in [0.05, 0.1) is 12.4 Å². The Hall–Kier alpha value is -0.130. The van der Waals surface area contributed by atoms with Gasteiger partial charge in [-0.3, -0.25) is 4.18 Å². The van der Waals surface area contributed by atoms with Crippen molar-refractivity contribution in [3.8, 4) is 0 Å². The van der Waals surface area contributed by atoms with Gasteiger partial charge in [0.2, 0.25) is 0 Å². The smallest absolute Gasteiger partial charge is 0.264 e. The molecule has 5 heteroatoms. The van der Waals surface area contributed by atoms with Crippen LogP contribution < -0.4 is 0 Å². The van der Waals surface area contributed by atoms with E-state index in [1.165, 1.54) is 0 Å². The van der Waals surface area contributed by atoms with Gasteiger partial charge in [-0.05, 0) is 26.7 Å². The summed E-state index contributed by atoms with van der Waals surface area (Å²) < 4.78 is 26.7. The predicted octanol–water partition coefficient (Wildman–Crippen LogP) is 0.835. The van der Waals surface area contributed by atoms with Crippen LogP contribution in [0.4, 0.5) is 0 Å². The molecule has 0 aliphatic carbocycles. The molecule has 84 valence electrons. The Kier molecular flexibility index (Phi) is 3.92. The first-order valence-electron chi connectivity index (χ1n) is 5.01. The maximum atomic E-state index is 10.9. The van der Waals surface area contributed by atoms with Crippen molar-refractivity contribution in [1.29, 1.82) is 0 Å². The summed E-state index contributed by atoms with van der Waals surface area (Å²) in [6.45, 7) is 6.16. The highest BCUT2D eigenvalue weighted by Crippen LogP contribution is 2.16. The Morgan fingerprint density at radius 1 is 1.29 bits per heavy atom. The van der Waals surface area contributed by atoms with Crippen LogP contribution in [-0.4, -0.2) is 44.8 Å². The highest BCUT2D eigenvalue weighted by Gasteiger charge is 2.23. The Morgan fingerprint density at radius 2 is 1.79 bits per heavy atom. The average Bonchev–Trinajstić information content (AvgIpc) is 2.02. The van der Waals surface area contributed by atoms with Crippen molar-refractivity contribution >= 4 is 10.1 Å². The van der Waals surface area contributed by atoms with Gasteiger partial charge in [-0.25, -0.2) is 0 Å². The van der Waals surface area contributed by atoms with Crippen molar-refractivity contribution in [3.05, 3.63) is 0 Å². The summed E-state index contributed by atoms with van der Waals surface area (Å²) in [5, 5.41) is 0. The van der Waals surface area contributed by atoms with Crippen molar-refractivity contribution < 1.29 is 12.6 Å². The van der Waals surface area contributed by atoms with Crippen LogP contribution in [0.5, 0.6) is 0 Å². The summed E-state index contributed by atoms with van der Waals surface area (Å²) in [7, 11) is -3.28. The fourth-order valence-electron chi connectivity index (χ4n) is 1.74. The van der Waals surface area contributed by atoms with Crippen molar-refractivity contribution in [3.63, 3.8) is 0 Å². The molecule has 0 unspecified atom stereocenters. The summed E-state index contributed by atoms with van der Waals surface area (Å²) >= 11 is 0. The molecule has 0 atom stereocenters. The minimum Gasteiger partial charge on any atom is -0.301 e. The predicted molar refractivity (Wildman–Crippen MR) is 55.7 cm³/mol. The van der Waals surface area contributed by atoms with Gasteiger partial charge in [-0.1, -0.05) is 0 Å². The van der Waals surface area contributed by atoms with E-state index in [1.807, 2.05) is 0 Å². The van der Waals surface area contributed by atoms with Crippen LogP contribution >= 0.6 is 0 Å². The Labute approximate surface area is 86.4 Å². The number of hydrogen-bond donors (Lipinski definition) is 0. The van der Waals surface area contributed by atoms with E-state index < -0.39 is 10.1 Å². The largest absolute Gasteiger partial charge is 0.301 e. The third-order valence-electron chi connectivity index (χ3n) is 2.52. The quantitative estimate of drug-likeness (QED) is 0.662. The van der Waals surface area contributed by atoms with Gasteiger partial charge in [0.25, 0.3) is 10.1 Å². The van der Waals surface area contributed by atoms with Crippen molar-refractivity contribution in [1.82, 2.24) is 4.90 Å². The Bertz CT molecular complexity index is 266.